The molecule has 0 bridgehead atoms. The number of nitrogens with zero attached hydrogens (tertiary/aromatic N) is 1. The highest BCUT2D eigenvalue weighted by molar-refractivity contribution is 8.18. The lowest BCUT2D eigenvalue weighted by molar-refractivity contribution is -0.138. The minimum Gasteiger partial charge on any atom is -0.506 e. The van der Waals surface area contributed by atoms with Gasteiger partial charge in [0.25, 0.3) is 0 Å². The van der Waals surface area contributed by atoms with Crippen molar-refractivity contribution >= 4 is 34.5 Å². The average Bonchev–Trinajstić information content (AvgIpc) is 3.06. The zero-order valence-electron chi connectivity index (χ0n) is 17.3. The molecule has 3 rings (SSSR count). The van der Waals surface area contributed by atoms with Crippen LogP contribution in [0.3, 0.4) is 0 Å². The van der Waals surface area contributed by atoms with E-state index in [9.17, 15) is 15.0 Å². The number of aliphatic hydroxyl groups excluding tert-OH is 1. The molecule has 0 atom stereocenters. The number of thioether (sulfide) groups is 1. The number of carbonyl (C=O) groups is 1. The van der Waals surface area contributed by atoms with Gasteiger partial charge in [0.1, 0.15) is 16.4 Å². The summed E-state index contributed by atoms with van der Waals surface area (Å²) in [6.45, 7) is 5.59. The molecule has 0 aliphatic carbocycles. The Kier molecular flexibility index (Phi) is 7.20. The van der Waals surface area contributed by atoms with Crippen molar-refractivity contribution in [1.29, 1.82) is 0 Å². The predicted octanol–water partition coefficient (Wildman–Crippen LogP) is 5.32. The van der Waals surface area contributed by atoms with E-state index in [1.165, 1.54) is 18.9 Å². The number of allylic oxidation sites excluding steroid dienone is 1. The molecule has 0 aromatic heterocycles. The number of hydrogen-bond donors (Lipinski definition) is 2. The first-order valence-corrected chi connectivity index (χ1v) is 10.4. The second-order valence-electron chi connectivity index (χ2n) is 6.53. The number of rotatable bonds is 7. The molecule has 0 amide bonds. The van der Waals surface area contributed by atoms with Gasteiger partial charge in [-0.15, -0.1) is 6.58 Å². The summed E-state index contributed by atoms with van der Waals surface area (Å²) in [5.74, 6) is -0.486. The van der Waals surface area contributed by atoms with E-state index in [1.807, 2.05) is 30.3 Å². The summed E-state index contributed by atoms with van der Waals surface area (Å²) in [5, 5.41) is 21.5. The van der Waals surface area contributed by atoms with Crippen molar-refractivity contribution in [3.05, 3.63) is 82.5 Å². The van der Waals surface area contributed by atoms with Crippen LogP contribution in [0, 0.1) is 0 Å². The second-order valence-corrected chi connectivity index (χ2v) is 7.56. The third-order valence-electron chi connectivity index (χ3n) is 4.42. The van der Waals surface area contributed by atoms with Crippen LogP contribution in [0.15, 0.2) is 76.3 Å². The van der Waals surface area contributed by atoms with Gasteiger partial charge < -0.3 is 19.7 Å². The topological polar surface area (TPSA) is 88.4 Å². The third kappa shape index (κ3) is 5.00. The number of phenols is 1. The molecule has 0 fully saturated rings. The number of hydrogen-bond acceptors (Lipinski definition) is 7. The first-order chi connectivity index (χ1) is 15.0. The fourth-order valence-electron chi connectivity index (χ4n) is 3.00. The zero-order chi connectivity index (χ0) is 22.4. The summed E-state index contributed by atoms with van der Waals surface area (Å²) in [6.07, 6.45) is 3.83. The first-order valence-electron chi connectivity index (χ1n) is 9.63. The Balaban J connectivity index is 2.08. The average molecular weight is 438 g/mol. The van der Waals surface area contributed by atoms with Gasteiger partial charge in [-0.1, -0.05) is 36.0 Å². The molecule has 0 saturated heterocycles. The van der Waals surface area contributed by atoms with E-state index >= 15 is 0 Å². The van der Waals surface area contributed by atoms with E-state index < -0.39 is 5.97 Å². The van der Waals surface area contributed by atoms with Gasteiger partial charge in [-0.05, 0) is 49.2 Å². The zero-order valence-corrected chi connectivity index (χ0v) is 18.1. The number of ether oxygens (including phenoxy) is 2. The number of phenolic OH excluding ortho intramolecular Hbond substituents is 1. The monoisotopic (exact) mass is 437 g/mol. The molecule has 6 nitrogen and oxygen atoms in total. The third-order valence-corrected chi connectivity index (χ3v) is 5.44. The van der Waals surface area contributed by atoms with E-state index in [1.54, 1.807) is 31.2 Å². The lowest BCUT2D eigenvalue weighted by Crippen LogP contribution is -2.12. The molecule has 7 heteroatoms. The summed E-state index contributed by atoms with van der Waals surface area (Å²) < 4.78 is 10.4. The van der Waals surface area contributed by atoms with Crippen molar-refractivity contribution in [2.45, 2.75) is 13.3 Å². The molecule has 2 N–H and O–H groups in total. The van der Waals surface area contributed by atoms with Crippen molar-refractivity contribution in [1.82, 2.24) is 0 Å². The van der Waals surface area contributed by atoms with Gasteiger partial charge in [0, 0.05) is 5.56 Å². The molecule has 0 radical (unpaired) electrons. The van der Waals surface area contributed by atoms with Crippen LogP contribution < -0.4 is 4.74 Å². The summed E-state index contributed by atoms with van der Waals surface area (Å²) in [5.41, 5.74) is 2.00. The SMILES string of the molecule is C=CCc1cc(/C=C2\SC(=Nc3ccccc3)C(C(=O)OCC)=C2O)cc(OC)c1O. The summed E-state index contributed by atoms with van der Waals surface area (Å²) in [4.78, 5) is 17.5. The van der Waals surface area contributed by atoms with E-state index in [-0.39, 0.29) is 23.7 Å². The number of carbonyl (C=O) groups excluding carboxylic acids is 1. The molecule has 1 aliphatic rings. The summed E-state index contributed by atoms with van der Waals surface area (Å²) in [7, 11) is 1.47. The van der Waals surface area contributed by atoms with Crippen LogP contribution in [0.25, 0.3) is 6.08 Å². The first kappa shape index (κ1) is 22.2. The van der Waals surface area contributed by atoms with Gasteiger partial charge >= 0.3 is 5.97 Å². The Morgan fingerprint density at radius 3 is 2.61 bits per heavy atom. The van der Waals surface area contributed by atoms with Gasteiger partial charge in [-0.25, -0.2) is 9.79 Å². The van der Waals surface area contributed by atoms with Gasteiger partial charge in [-0.2, -0.15) is 0 Å². The van der Waals surface area contributed by atoms with Crippen LogP contribution in [0.5, 0.6) is 11.5 Å². The molecule has 160 valence electrons. The molecular weight excluding hydrogens is 414 g/mol. The number of aliphatic hydroxyl groups is 1. The lowest BCUT2D eigenvalue weighted by atomic mass is 10.0. The van der Waals surface area contributed by atoms with Gasteiger partial charge in [0.15, 0.2) is 11.5 Å². The van der Waals surface area contributed by atoms with Crippen molar-refractivity contribution in [2.24, 2.45) is 4.99 Å². The maximum atomic E-state index is 12.5. The molecule has 2 aromatic carbocycles. The Hall–Kier alpha value is -3.45. The molecule has 1 heterocycles. The largest absolute Gasteiger partial charge is 0.506 e. The van der Waals surface area contributed by atoms with Crippen LogP contribution in [-0.2, 0) is 16.0 Å². The predicted molar refractivity (Wildman–Crippen MR) is 124 cm³/mol. The van der Waals surface area contributed by atoms with Crippen LogP contribution in [0.1, 0.15) is 18.1 Å². The van der Waals surface area contributed by atoms with Crippen molar-refractivity contribution in [3.8, 4) is 11.5 Å². The summed E-state index contributed by atoms with van der Waals surface area (Å²) >= 11 is 1.17. The Morgan fingerprint density at radius 1 is 1.23 bits per heavy atom. The quantitative estimate of drug-likeness (QED) is 0.450. The highest BCUT2D eigenvalue weighted by atomic mass is 32.2. The fraction of sp³-hybridized carbons (Fsp3) is 0.167. The smallest absolute Gasteiger partial charge is 0.344 e. The van der Waals surface area contributed by atoms with E-state index in [4.69, 9.17) is 9.47 Å². The van der Waals surface area contributed by atoms with E-state index in [0.29, 0.717) is 38.9 Å². The molecule has 2 aromatic rings. The van der Waals surface area contributed by atoms with Crippen molar-refractivity contribution in [2.75, 3.05) is 13.7 Å². The van der Waals surface area contributed by atoms with Gasteiger partial charge in [-0.3, -0.25) is 0 Å². The van der Waals surface area contributed by atoms with E-state index in [2.05, 4.69) is 11.6 Å². The molecule has 1 aliphatic heterocycles. The van der Waals surface area contributed by atoms with Crippen LogP contribution in [0.4, 0.5) is 5.69 Å². The van der Waals surface area contributed by atoms with Crippen LogP contribution in [0.2, 0.25) is 0 Å². The number of aromatic hydroxyl groups is 1. The molecule has 0 unspecified atom stereocenters. The van der Waals surface area contributed by atoms with Gasteiger partial charge in [0.05, 0.1) is 24.3 Å². The number of aliphatic imine (C=N–C) groups is 1. The molecule has 31 heavy (non-hydrogen) atoms. The Labute approximate surface area is 185 Å². The second kappa shape index (κ2) is 10.0. The Morgan fingerprint density at radius 2 is 1.97 bits per heavy atom. The van der Waals surface area contributed by atoms with Crippen LogP contribution >= 0.6 is 11.8 Å². The summed E-state index contributed by atoms with van der Waals surface area (Å²) in [6, 6.07) is 12.6. The molecule has 0 saturated carbocycles. The minimum absolute atomic E-state index is 0.0269. The number of benzene rings is 2. The standard InChI is InChI=1S/C24H23NO5S/c1-4-9-16-12-15(13-18(29-3)21(16)26)14-19-22(27)20(24(28)30-5-2)23(31-19)25-17-10-7-6-8-11-17/h4,6-8,10-14,26-27H,1,5,9H2,2-3H3/b19-14-,25-23?. The normalized spacial score (nSPS) is 16.1. The maximum absolute atomic E-state index is 12.5. The lowest BCUT2D eigenvalue weighted by Gasteiger charge is -2.10. The maximum Gasteiger partial charge on any atom is 0.344 e. The van der Waals surface area contributed by atoms with Crippen LogP contribution in [-0.4, -0.2) is 34.9 Å². The fourth-order valence-corrected chi connectivity index (χ4v) is 4.04. The number of methoxy groups -OCH3 is 1. The van der Waals surface area contributed by atoms with Crippen molar-refractivity contribution in [3.63, 3.8) is 0 Å². The van der Waals surface area contributed by atoms with Gasteiger partial charge in [0.2, 0.25) is 0 Å². The number of esters is 1. The highest BCUT2D eigenvalue weighted by Gasteiger charge is 2.33. The van der Waals surface area contributed by atoms with Crippen molar-refractivity contribution < 1.29 is 24.5 Å². The molecule has 0 spiro atoms. The Bertz CT molecular complexity index is 1090. The van der Waals surface area contributed by atoms with E-state index in [0.717, 1.165) is 0 Å². The number of para-hydroxylation sites is 1. The highest BCUT2D eigenvalue weighted by Crippen LogP contribution is 2.41. The minimum atomic E-state index is -0.638. The molecular formula is C24H23NO5S.